The zero-order valence-electron chi connectivity index (χ0n) is 9.97. The molecule has 0 aliphatic heterocycles. The molecule has 1 aliphatic rings. The largest absolute Gasteiger partial charge is 0.393 e. The van der Waals surface area contributed by atoms with E-state index in [9.17, 15) is 5.11 Å². The molecule has 0 radical (unpaired) electrons. The Morgan fingerprint density at radius 2 is 2.00 bits per heavy atom. The molecule has 0 bridgehead atoms. The van der Waals surface area contributed by atoms with E-state index >= 15 is 0 Å². The first-order valence-corrected chi connectivity index (χ1v) is 6.16. The second-order valence-electron chi connectivity index (χ2n) is 4.94. The van der Waals surface area contributed by atoms with Gasteiger partial charge in [0, 0.05) is 13.1 Å². The van der Waals surface area contributed by atoms with Gasteiger partial charge in [-0.1, -0.05) is 36.8 Å². The molecule has 1 N–H and O–H groups in total. The molecule has 1 saturated carbocycles. The summed E-state index contributed by atoms with van der Waals surface area (Å²) in [6.45, 7) is 1.99. The van der Waals surface area contributed by atoms with Crippen LogP contribution in [0.15, 0.2) is 30.3 Å². The van der Waals surface area contributed by atoms with Crippen LogP contribution in [0.5, 0.6) is 0 Å². The molecular formula is C14H21NO. The van der Waals surface area contributed by atoms with Crippen LogP contribution in [-0.4, -0.2) is 29.7 Å². The Bertz CT molecular complexity index is 312. The van der Waals surface area contributed by atoms with Crippen LogP contribution in [0.2, 0.25) is 0 Å². The van der Waals surface area contributed by atoms with Gasteiger partial charge >= 0.3 is 0 Å². The molecular weight excluding hydrogens is 198 g/mol. The summed E-state index contributed by atoms with van der Waals surface area (Å²) in [5.41, 5.74) is 1.34. The van der Waals surface area contributed by atoms with Gasteiger partial charge in [0.2, 0.25) is 0 Å². The maximum atomic E-state index is 9.78. The standard InChI is InChI=1S/C14H21NO/c1-15(10-12-6-3-2-4-7-12)11-13-8-5-9-14(13)16/h2-4,6-7,13-14,16H,5,8-11H2,1H3. The first-order valence-electron chi connectivity index (χ1n) is 6.16. The van der Waals surface area contributed by atoms with Crippen molar-refractivity contribution in [3.05, 3.63) is 35.9 Å². The minimum Gasteiger partial charge on any atom is -0.393 e. The van der Waals surface area contributed by atoms with Crippen LogP contribution < -0.4 is 0 Å². The monoisotopic (exact) mass is 219 g/mol. The topological polar surface area (TPSA) is 23.5 Å². The molecule has 1 aromatic rings. The van der Waals surface area contributed by atoms with E-state index in [1.165, 1.54) is 18.4 Å². The fourth-order valence-electron chi connectivity index (χ4n) is 2.59. The average Bonchev–Trinajstić information content (AvgIpc) is 2.66. The number of aliphatic hydroxyl groups is 1. The molecule has 1 aliphatic carbocycles. The lowest BCUT2D eigenvalue weighted by molar-refractivity contribution is 0.108. The van der Waals surface area contributed by atoms with E-state index in [0.29, 0.717) is 5.92 Å². The van der Waals surface area contributed by atoms with Crippen molar-refractivity contribution in [2.45, 2.75) is 31.9 Å². The molecule has 2 unspecified atom stereocenters. The predicted molar refractivity (Wildman–Crippen MR) is 66.1 cm³/mol. The van der Waals surface area contributed by atoms with Gasteiger partial charge in [-0.05, 0) is 31.4 Å². The Hall–Kier alpha value is -0.860. The number of benzene rings is 1. The van der Waals surface area contributed by atoms with Crippen LogP contribution in [0.3, 0.4) is 0 Å². The highest BCUT2D eigenvalue weighted by Crippen LogP contribution is 2.26. The second kappa shape index (κ2) is 5.46. The first kappa shape index (κ1) is 11.6. The molecule has 2 atom stereocenters. The van der Waals surface area contributed by atoms with Gasteiger partial charge in [-0.2, -0.15) is 0 Å². The van der Waals surface area contributed by atoms with Crippen molar-refractivity contribution < 1.29 is 5.11 Å². The Kier molecular flexibility index (Phi) is 3.97. The van der Waals surface area contributed by atoms with Gasteiger partial charge in [-0.3, -0.25) is 0 Å². The van der Waals surface area contributed by atoms with Gasteiger partial charge < -0.3 is 10.0 Å². The van der Waals surface area contributed by atoms with Crippen molar-refractivity contribution in [3.8, 4) is 0 Å². The molecule has 2 nitrogen and oxygen atoms in total. The first-order chi connectivity index (χ1) is 7.75. The van der Waals surface area contributed by atoms with Crippen LogP contribution >= 0.6 is 0 Å². The van der Waals surface area contributed by atoms with Gasteiger partial charge in [0.1, 0.15) is 0 Å². The molecule has 1 aromatic carbocycles. The van der Waals surface area contributed by atoms with E-state index < -0.39 is 0 Å². The summed E-state index contributed by atoms with van der Waals surface area (Å²) in [5, 5.41) is 9.78. The second-order valence-corrected chi connectivity index (χ2v) is 4.94. The highest BCUT2D eigenvalue weighted by molar-refractivity contribution is 5.14. The lowest BCUT2D eigenvalue weighted by Gasteiger charge is -2.23. The summed E-state index contributed by atoms with van der Waals surface area (Å²) in [7, 11) is 2.14. The van der Waals surface area contributed by atoms with E-state index in [1.807, 2.05) is 6.07 Å². The van der Waals surface area contributed by atoms with E-state index in [2.05, 4.69) is 36.2 Å². The molecule has 1 fully saturated rings. The summed E-state index contributed by atoms with van der Waals surface area (Å²) in [5.74, 6) is 0.480. The third-order valence-corrected chi connectivity index (χ3v) is 3.46. The zero-order chi connectivity index (χ0) is 11.4. The van der Waals surface area contributed by atoms with E-state index in [0.717, 1.165) is 19.5 Å². The molecule has 0 amide bonds. The maximum Gasteiger partial charge on any atom is 0.0580 e. The molecule has 2 rings (SSSR count). The van der Waals surface area contributed by atoms with E-state index in [4.69, 9.17) is 0 Å². The maximum absolute atomic E-state index is 9.78. The highest BCUT2D eigenvalue weighted by Gasteiger charge is 2.25. The van der Waals surface area contributed by atoms with Gasteiger partial charge in [0.25, 0.3) is 0 Å². The number of hydrogen-bond donors (Lipinski definition) is 1. The minimum atomic E-state index is -0.0711. The lowest BCUT2D eigenvalue weighted by atomic mass is 10.1. The number of nitrogens with zero attached hydrogens (tertiary/aromatic N) is 1. The molecule has 2 heteroatoms. The van der Waals surface area contributed by atoms with Crippen molar-refractivity contribution in [3.63, 3.8) is 0 Å². The molecule has 16 heavy (non-hydrogen) atoms. The summed E-state index contributed by atoms with van der Waals surface area (Å²) >= 11 is 0. The van der Waals surface area contributed by atoms with Crippen LogP contribution in [0.4, 0.5) is 0 Å². The Morgan fingerprint density at radius 3 is 2.62 bits per heavy atom. The van der Waals surface area contributed by atoms with Gasteiger partial charge in [-0.25, -0.2) is 0 Å². The fourth-order valence-corrected chi connectivity index (χ4v) is 2.59. The predicted octanol–water partition coefficient (Wildman–Crippen LogP) is 2.28. The summed E-state index contributed by atoms with van der Waals surface area (Å²) in [6, 6.07) is 10.5. The van der Waals surface area contributed by atoms with Gasteiger partial charge in [0.05, 0.1) is 6.10 Å². The average molecular weight is 219 g/mol. The van der Waals surface area contributed by atoms with Gasteiger partial charge in [-0.15, -0.1) is 0 Å². The summed E-state index contributed by atoms with van der Waals surface area (Å²) < 4.78 is 0. The van der Waals surface area contributed by atoms with Crippen molar-refractivity contribution in [2.75, 3.05) is 13.6 Å². The number of hydrogen-bond acceptors (Lipinski definition) is 2. The quantitative estimate of drug-likeness (QED) is 0.839. The van der Waals surface area contributed by atoms with E-state index in [-0.39, 0.29) is 6.10 Å². The van der Waals surface area contributed by atoms with Crippen molar-refractivity contribution >= 4 is 0 Å². The molecule has 0 spiro atoms. The van der Waals surface area contributed by atoms with Crippen molar-refractivity contribution in [2.24, 2.45) is 5.92 Å². The molecule has 0 heterocycles. The molecule has 88 valence electrons. The smallest absolute Gasteiger partial charge is 0.0580 e. The normalized spacial score (nSPS) is 25.2. The Morgan fingerprint density at radius 1 is 1.25 bits per heavy atom. The fraction of sp³-hybridized carbons (Fsp3) is 0.571. The summed E-state index contributed by atoms with van der Waals surface area (Å²) in [4.78, 5) is 2.31. The third-order valence-electron chi connectivity index (χ3n) is 3.46. The highest BCUT2D eigenvalue weighted by atomic mass is 16.3. The van der Waals surface area contributed by atoms with Crippen LogP contribution in [-0.2, 0) is 6.54 Å². The molecule has 0 aromatic heterocycles. The number of rotatable bonds is 4. The third kappa shape index (κ3) is 3.06. The Balaban J connectivity index is 1.82. The van der Waals surface area contributed by atoms with Crippen LogP contribution in [0.25, 0.3) is 0 Å². The van der Waals surface area contributed by atoms with Crippen LogP contribution in [0, 0.1) is 5.92 Å². The van der Waals surface area contributed by atoms with Crippen LogP contribution in [0.1, 0.15) is 24.8 Å². The molecule has 0 saturated heterocycles. The van der Waals surface area contributed by atoms with Crippen molar-refractivity contribution in [1.82, 2.24) is 4.90 Å². The minimum absolute atomic E-state index is 0.0711. The van der Waals surface area contributed by atoms with Crippen molar-refractivity contribution in [1.29, 1.82) is 0 Å². The van der Waals surface area contributed by atoms with Gasteiger partial charge in [0.15, 0.2) is 0 Å². The zero-order valence-corrected chi connectivity index (χ0v) is 9.97. The van der Waals surface area contributed by atoms with E-state index in [1.54, 1.807) is 0 Å². The lowest BCUT2D eigenvalue weighted by Crippen LogP contribution is -2.29. The number of aliphatic hydroxyl groups excluding tert-OH is 1. The summed E-state index contributed by atoms with van der Waals surface area (Å²) in [6.07, 6.45) is 3.29. The SMILES string of the molecule is CN(Cc1ccccc1)CC1CCCC1O. The Labute approximate surface area is 97.9 Å².